The summed E-state index contributed by atoms with van der Waals surface area (Å²) in [6, 6.07) is 7.03. The normalized spacial score (nSPS) is 16.4. The topological polar surface area (TPSA) is 145 Å². The number of ether oxygens (including phenoxy) is 1. The zero-order valence-electron chi connectivity index (χ0n) is 21.2. The fraction of sp³-hybridized carbons (Fsp3) is 0.560. The number of aliphatic hydroxyl groups is 2. The van der Waals surface area contributed by atoms with Crippen molar-refractivity contribution in [3.8, 4) is 0 Å². The van der Waals surface area contributed by atoms with Crippen LogP contribution in [0.2, 0.25) is 0 Å². The number of para-hydroxylation sites is 1. The number of aliphatic hydroxyl groups excluding tert-OH is 2. The molecule has 0 fully saturated rings. The van der Waals surface area contributed by atoms with Crippen LogP contribution in [0.5, 0.6) is 0 Å². The van der Waals surface area contributed by atoms with Crippen LogP contribution >= 0.6 is 0 Å². The summed E-state index contributed by atoms with van der Waals surface area (Å²) in [7, 11) is 1.46. The van der Waals surface area contributed by atoms with E-state index in [-0.39, 0.29) is 23.6 Å². The number of nitrogens with zero attached hydrogens (tertiary/aromatic N) is 1. The number of aromatic nitrogens is 1. The first-order valence-electron chi connectivity index (χ1n) is 11.8. The molecule has 1 heterocycles. The number of nitrogens with one attached hydrogen (secondary N) is 3. The van der Waals surface area contributed by atoms with Gasteiger partial charge in [-0.3, -0.25) is 9.59 Å². The van der Waals surface area contributed by atoms with Gasteiger partial charge in [-0.2, -0.15) is 0 Å². The first kappa shape index (κ1) is 28.3. The third-order valence-electron chi connectivity index (χ3n) is 5.64. The molecule has 0 aliphatic rings. The number of hydrogen-bond donors (Lipinski definition) is 5. The van der Waals surface area contributed by atoms with Gasteiger partial charge in [-0.05, 0) is 44.7 Å². The molecule has 0 spiro atoms. The molecule has 1 aromatic heterocycles. The molecule has 0 bridgehead atoms. The number of fused-ring (bicyclic) bond motifs is 1. The van der Waals surface area contributed by atoms with Gasteiger partial charge in [0.05, 0.1) is 6.10 Å². The molecule has 0 saturated carbocycles. The maximum absolute atomic E-state index is 12.6. The fourth-order valence-corrected chi connectivity index (χ4v) is 3.82. The van der Waals surface area contributed by atoms with Crippen molar-refractivity contribution in [2.24, 2.45) is 11.1 Å². The van der Waals surface area contributed by atoms with E-state index in [1.807, 2.05) is 51.2 Å². The predicted octanol–water partition coefficient (Wildman–Crippen LogP) is 1.51. The van der Waals surface area contributed by atoms with Gasteiger partial charge in [0.1, 0.15) is 24.0 Å². The molecule has 2 amide bonds. The molecular formula is C25H38N4O6. The maximum atomic E-state index is 12.6. The summed E-state index contributed by atoms with van der Waals surface area (Å²) in [5, 5.41) is 30.5. The largest absolute Gasteiger partial charge is 0.390 e. The maximum Gasteiger partial charge on any atom is 0.261 e. The van der Waals surface area contributed by atoms with E-state index in [9.17, 15) is 19.8 Å². The Labute approximate surface area is 206 Å². The van der Waals surface area contributed by atoms with Crippen LogP contribution in [0.25, 0.3) is 10.9 Å². The van der Waals surface area contributed by atoms with E-state index in [1.54, 1.807) is 6.92 Å². The van der Waals surface area contributed by atoms with Crippen molar-refractivity contribution in [2.75, 3.05) is 13.7 Å². The molecule has 10 heteroatoms. The minimum absolute atomic E-state index is 0.0560. The van der Waals surface area contributed by atoms with Gasteiger partial charge in [0, 0.05) is 30.3 Å². The van der Waals surface area contributed by atoms with Gasteiger partial charge in [0.25, 0.3) is 5.91 Å². The number of H-pyrrole nitrogens is 1. The Balaban J connectivity index is 1.88. The van der Waals surface area contributed by atoms with Crippen molar-refractivity contribution in [1.29, 1.82) is 0 Å². The van der Waals surface area contributed by atoms with Crippen LogP contribution in [0.3, 0.4) is 0 Å². The smallest absolute Gasteiger partial charge is 0.261 e. The summed E-state index contributed by atoms with van der Waals surface area (Å²) in [6.07, 6.45) is -0.441. The third kappa shape index (κ3) is 8.05. The number of carbonyl (C=O) groups is 2. The molecule has 10 nitrogen and oxygen atoms in total. The van der Waals surface area contributed by atoms with E-state index in [4.69, 9.17) is 9.57 Å². The highest BCUT2D eigenvalue weighted by molar-refractivity contribution is 5.93. The third-order valence-corrected chi connectivity index (χ3v) is 5.64. The highest BCUT2D eigenvalue weighted by Gasteiger charge is 2.30. The van der Waals surface area contributed by atoms with Crippen LogP contribution in [-0.4, -0.2) is 76.8 Å². The summed E-state index contributed by atoms with van der Waals surface area (Å²) in [5.74, 6) is -0.928. The molecule has 5 atom stereocenters. The minimum Gasteiger partial charge on any atom is -0.390 e. The van der Waals surface area contributed by atoms with Crippen molar-refractivity contribution < 1.29 is 29.4 Å². The molecule has 1 aromatic carbocycles. The Bertz CT molecular complexity index is 1000. The lowest BCUT2D eigenvalue weighted by Crippen LogP contribution is -2.48. The summed E-state index contributed by atoms with van der Waals surface area (Å²) >= 11 is 0. The Morgan fingerprint density at radius 2 is 1.77 bits per heavy atom. The zero-order valence-corrected chi connectivity index (χ0v) is 21.2. The number of benzene rings is 1. The van der Waals surface area contributed by atoms with Gasteiger partial charge in [-0.15, -0.1) is 0 Å². The average molecular weight is 491 g/mol. The molecule has 0 saturated heterocycles. The van der Waals surface area contributed by atoms with Gasteiger partial charge in [-0.1, -0.05) is 37.2 Å². The van der Waals surface area contributed by atoms with Crippen LogP contribution in [0.4, 0.5) is 0 Å². The number of aromatic amines is 1. The number of rotatable bonds is 13. The molecule has 0 aliphatic heterocycles. The first-order chi connectivity index (χ1) is 16.5. The van der Waals surface area contributed by atoms with E-state index >= 15 is 0 Å². The van der Waals surface area contributed by atoms with Crippen molar-refractivity contribution in [3.05, 3.63) is 36.0 Å². The van der Waals surface area contributed by atoms with Crippen molar-refractivity contribution >= 4 is 28.4 Å². The Morgan fingerprint density at radius 1 is 1.09 bits per heavy atom. The van der Waals surface area contributed by atoms with Crippen molar-refractivity contribution in [3.63, 3.8) is 0 Å². The number of carbonyl (C=O) groups excluding carboxylic acids is 2. The first-order valence-corrected chi connectivity index (χ1v) is 11.8. The highest BCUT2D eigenvalue weighted by atomic mass is 16.6. The average Bonchev–Trinajstić information content (AvgIpc) is 3.20. The van der Waals surface area contributed by atoms with E-state index < -0.39 is 36.9 Å². The van der Waals surface area contributed by atoms with E-state index in [0.29, 0.717) is 6.42 Å². The van der Waals surface area contributed by atoms with Gasteiger partial charge < -0.3 is 35.4 Å². The molecule has 194 valence electrons. The Hall–Kier alpha value is -2.95. The van der Waals surface area contributed by atoms with Crippen LogP contribution in [0.15, 0.2) is 35.6 Å². The number of amides is 2. The standard InChI is InChI=1S/C25H38N4O6/c1-14(2)24(34-6)22(23(32)17(5)30)29-35-13-21(31)28-16(4)25(33)27-15(3)11-18-12-26-20-10-8-7-9-19(18)20/h7-10,12,14-17,23-24,26,30,32H,11,13H2,1-6H3,(H,27,33)(H,28,31)/b29-22+/t15-,16+,17-,23+,24+/m1/s1. The highest BCUT2D eigenvalue weighted by Crippen LogP contribution is 2.19. The summed E-state index contributed by atoms with van der Waals surface area (Å²) in [5.41, 5.74) is 2.23. The second-order valence-corrected chi connectivity index (χ2v) is 9.14. The molecule has 0 unspecified atom stereocenters. The van der Waals surface area contributed by atoms with Gasteiger partial charge in [-0.25, -0.2) is 0 Å². The van der Waals surface area contributed by atoms with Crippen molar-refractivity contribution in [2.45, 2.75) is 71.4 Å². The number of hydrogen-bond acceptors (Lipinski definition) is 7. The molecule has 2 aromatic rings. The van der Waals surface area contributed by atoms with E-state index in [0.717, 1.165) is 16.5 Å². The van der Waals surface area contributed by atoms with Crippen molar-refractivity contribution in [1.82, 2.24) is 15.6 Å². The molecule has 5 N–H and O–H groups in total. The lowest BCUT2D eigenvalue weighted by molar-refractivity contribution is -0.131. The second-order valence-electron chi connectivity index (χ2n) is 9.14. The van der Waals surface area contributed by atoms with Gasteiger partial charge in [0.15, 0.2) is 6.61 Å². The molecular weight excluding hydrogens is 452 g/mol. The number of oxime groups is 1. The Morgan fingerprint density at radius 3 is 2.40 bits per heavy atom. The lowest BCUT2D eigenvalue weighted by Gasteiger charge is -2.25. The molecule has 2 rings (SSSR count). The summed E-state index contributed by atoms with van der Waals surface area (Å²) in [4.78, 5) is 33.2. The quantitative estimate of drug-likeness (QED) is 0.213. The van der Waals surface area contributed by atoms with E-state index in [1.165, 1.54) is 14.0 Å². The van der Waals surface area contributed by atoms with Gasteiger partial charge >= 0.3 is 0 Å². The minimum atomic E-state index is -1.31. The molecule has 0 radical (unpaired) electrons. The lowest BCUT2D eigenvalue weighted by atomic mass is 9.96. The van der Waals surface area contributed by atoms with Crippen LogP contribution in [0, 0.1) is 5.92 Å². The fourth-order valence-electron chi connectivity index (χ4n) is 3.82. The van der Waals surface area contributed by atoms with Crippen LogP contribution in [0.1, 0.15) is 40.2 Å². The zero-order chi connectivity index (χ0) is 26.1. The molecule has 0 aliphatic carbocycles. The van der Waals surface area contributed by atoms with Gasteiger partial charge in [0.2, 0.25) is 5.91 Å². The molecule has 35 heavy (non-hydrogen) atoms. The Kier molecular flexibility index (Phi) is 10.7. The van der Waals surface area contributed by atoms with Crippen LogP contribution < -0.4 is 10.6 Å². The van der Waals surface area contributed by atoms with E-state index in [2.05, 4.69) is 20.8 Å². The number of methoxy groups -OCH3 is 1. The summed E-state index contributed by atoms with van der Waals surface area (Å²) < 4.78 is 5.36. The predicted molar refractivity (Wildman–Crippen MR) is 134 cm³/mol. The SMILES string of the molecule is CO[C@H](/C(=N/OCC(=O)N[C@@H](C)C(=O)N[C@H](C)Cc1c[nH]c2ccccc12)[C@@H](O)[C@@H](C)O)C(C)C. The second kappa shape index (κ2) is 13.2. The summed E-state index contributed by atoms with van der Waals surface area (Å²) in [6.45, 7) is 8.17. The van der Waals surface area contributed by atoms with Crippen LogP contribution in [-0.2, 0) is 25.6 Å². The monoisotopic (exact) mass is 490 g/mol.